The van der Waals surface area contributed by atoms with Gasteiger partial charge in [0, 0.05) is 11.3 Å². The van der Waals surface area contributed by atoms with E-state index in [0.717, 1.165) is 16.9 Å². The number of rotatable bonds is 8. The van der Waals surface area contributed by atoms with Gasteiger partial charge in [0.2, 0.25) is 0 Å². The minimum absolute atomic E-state index is 0.0529. The van der Waals surface area contributed by atoms with E-state index in [0.29, 0.717) is 23.6 Å². The van der Waals surface area contributed by atoms with E-state index < -0.39 is 6.10 Å². The maximum Gasteiger partial charge on any atom is 0.265 e. The normalized spacial score (nSPS) is 11.5. The van der Waals surface area contributed by atoms with Gasteiger partial charge in [-0.2, -0.15) is 0 Å². The Morgan fingerprint density at radius 1 is 0.935 bits per heavy atom. The number of amides is 1. The lowest BCUT2D eigenvalue weighted by Gasteiger charge is -2.17. The van der Waals surface area contributed by atoms with Crippen LogP contribution < -0.4 is 14.8 Å². The Hall–Kier alpha value is -3.60. The number of aryl methyl sites for hydroxylation is 2. The summed E-state index contributed by atoms with van der Waals surface area (Å²) in [6, 6.07) is 20.5. The molecule has 0 fully saturated rings. The second-order valence-corrected chi connectivity index (χ2v) is 7.59. The molecule has 3 rings (SSSR count). The Kier molecular flexibility index (Phi) is 7.08. The average molecular weight is 418 g/mol. The predicted molar refractivity (Wildman–Crippen MR) is 122 cm³/mol. The van der Waals surface area contributed by atoms with Crippen molar-refractivity contribution in [2.24, 2.45) is 0 Å². The smallest absolute Gasteiger partial charge is 0.265 e. The van der Waals surface area contributed by atoms with Gasteiger partial charge >= 0.3 is 0 Å². The van der Waals surface area contributed by atoms with Crippen LogP contribution in [0, 0.1) is 13.8 Å². The molecule has 0 saturated carbocycles. The maximum atomic E-state index is 12.6. The molecular formula is C26H27NO4. The van der Waals surface area contributed by atoms with Gasteiger partial charge in [0.15, 0.2) is 11.9 Å². The molecule has 31 heavy (non-hydrogen) atoms. The number of carbonyl (C=O) groups excluding carboxylic acids is 2. The first-order valence-corrected chi connectivity index (χ1v) is 10.2. The van der Waals surface area contributed by atoms with E-state index in [4.69, 9.17) is 9.47 Å². The monoisotopic (exact) mass is 417 g/mol. The molecule has 0 aliphatic carbocycles. The molecule has 0 radical (unpaired) electrons. The van der Waals surface area contributed by atoms with Crippen molar-refractivity contribution in [3.05, 3.63) is 89.0 Å². The zero-order chi connectivity index (χ0) is 22.4. The fourth-order valence-corrected chi connectivity index (χ4v) is 3.12. The summed E-state index contributed by atoms with van der Waals surface area (Å²) < 4.78 is 11.6. The summed E-state index contributed by atoms with van der Waals surface area (Å²) in [7, 11) is 0. The van der Waals surface area contributed by atoms with Crippen molar-refractivity contribution in [1.82, 2.24) is 0 Å². The quantitative estimate of drug-likeness (QED) is 0.492. The first-order valence-electron chi connectivity index (χ1n) is 10.2. The van der Waals surface area contributed by atoms with Crippen LogP contribution in [-0.2, 0) is 11.4 Å². The van der Waals surface area contributed by atoms with Crippen molar-refractivity contribution < 1.29 is 19.1 Å². The van der Waals surface area contributed by atoms with E-state index >= 15 is 0 Å². The Morgan fingerprint density at radius 3 is 2.42 bits per heavy atom. The van der Waals surface area contributed by atoms with Gasteiger partial charge in [-0.3, -0.25) is 9.59 Å². The van der Waals surface area contributed by atoms with E-state index in [9.17, 15) is 9.59 Å². The molecule has 1 amide bonds. The molecule has 0 aliphatic heterocycles. The Bertz CT molecular complexity index is 1090. The number of anilines is 1. The standard InChI is InChI=1S/C26H27NO4/c1-17-7-5-8-21(13-17)16-30-23-11-12-25(18(2)14-23)27-26(29)20(4)31-24-10-6-9-22(15-24)19(3)28/h5-15,20H,16H2,1-4H3,(H,27,29). The van der Waals surface area contributed by atoms with Crippen LogP contribution in [0.4, 0.5) is 5.69 Å². The molecule has 0 aromatic heterocycles. The summed E-state index contributed by atoms with van der Waals surface area (Å²) >= 11 is 0. The third-order valence-electron chi connectivity index (χ3n) is 4.87. The van der Waals surface area contributed by atoms with E-state index in [1.54, 1.807) is 31.2 Å². The summed E-state index contributed by atoms with van der Waals surface area (Å²) in [5.41, 5.74) is 4.43. The van der Waals surface area contributed by atoms with Gasteiger partial charge in [-0.1, -0.05) is 42.0 Å². The van der Waals surface area contributed by atoms with Gasteiger partial charge in [-0.25, -0.2) is 0 Å². The SMILES string of the molecule is CC(=O)c1cccc(OC(C)C(=O)Nc2ccc(OCc3cccc(C)c3)cc2C)c1. The van der Waals surface area contributed by atoms with Gasteiger partial charge in [0.1, 0.15) is 18.1 Å². The molecule has 0 saturated heterocycles. The highest BCUT2D eigenvalue weighted by atomic mass is 16.5. The number of benzene rings is 3. The number of ketones is 1. The number of ether oxygens (including phenoxy) is 2. The van der Waals surface area contributed by atoms with Crippen LogP contribution in [0.15, 0.2) is 66.7 Å². The van der Waals surface area contributed by atoms with Crippen molar-refractivity contribution in [2.45, 2.75) is 40.4 Å². The Balaban J connectivity index is 1.59. The largest absolute Gasteiger partial charge is 0.489 e. The minimum Gasteiger partial charge on any atom is -0.489 e. The molecule has 0 spiro atoms. The number of Topliss-reactive ketones (excluding diaryl/α,β-unsaturated/α-hetero) is 1. The summed E-state index contributed by atoms with van der Waals surface area (Å²) in [6.07, 6.45) is -0.723. The van der Waals surface area contributed by atoms with Crippen molar-refractivity contribution in [1.29, 1.82) is 0 Å². The van der Waals surface area contributed by atoms with E-state index in [-0.39, 0.29) is 11.7 Å². The molecule has 0 aliphatic rings. The van der Waals surface area contributed by atoms with E-state index in [1.807, 2.05) is 37.3 Å². The van der Waals surface area contributed by atoms with Gasteiger partial charge in [0.25, 0.3) is 5.91 Å². The molecule has 5 nitrogen and oxygen atoms in total. The lowest BCUT2D eigenvalue weighted by molar-refractivity contribution is -0.122. The molecule has 3 aromatic rings. The zero-order valence-corrected chi connectivity index (χ0v) is 18.3. The van der Waals surface area contributed by atoms with E-state index in [1.165, 1.54) is 12.5 Å². The maximum absolute atomic E-state index is 12.6. The molecule has 0 bridgehead atoms. The van der Waals surface area contributed by atoms with Crippen molar-refractivity contribution >= 4 is 17.4 Å². The van der Waals surface area contributed by atoms with Crippen LogP contribution in [-0.4, -0.2) is 17.8 Å². The Morgan fingerprint density at radius 2 is 1.71 bits per heavy atom. The van der Waals surface area contributed by atoms with Gasteiger partial charge in [-0.05, 0) is 69.2 Å². The highest BCUT2D eigenvalue weighted by Gasteiger charge is 2.16. The van der Waals surface area contributed by atoms with Crippen LogP contribution in [0.2, 0.25) is 0 Å². The highest BCUT2D eigenvalue weighted by molar-refractivity contribution is 5.95. The number of hydrogen-bond acceptors (Lipinski definition) is 4. The van der Waals surface area contributed by atoms with E-state index in [2.05, 4.69) is 24.4 Å². The van der Waals surface area contributed by atoms with Crippen molar-refractivity contribution in [2.75, 3.05) is 5.32 Å². The number of carbonyl (C=O) groups is 2. The molecule has 160 valence electrons. The number of hydrogen-bond donors (Lipinski definition) is 1. The third kappa shape index (κ3) is 6.19. The van der Waals surface area contributed by atoms with Crippen LogP contribution in [0.25, 0.3) is 0 Å². The molecule has 0 heterocycles. The second kappa shape index (κ2) is 9.94. The van der Waals surface area contributed by atoms with Gasteiger partial charge < -0.3 is 14.8 Å². The second-order valence-electron chi connectivity index (χ2n) is 7.59. The lowest BCUT2D eigenvalue weighted by Crippen LogP contribution is -2.30. The first-order chi connectivity index (χ1) is 14.8. The molecule has 3 aromatic carbocycles. The van der Waals surface area contributed by atoms with Gasteiger partial charge in [-0.15, -0.1) is 0 Å². The van der Waals surface area contributed by atoms with Crippen LogP contribution in [0.3, 0.4) is 0 Å². The fraction of sp³-hybridized carbons (Fsp3) is 0.231. The molecule has 1 unspecified atom stereocenters. The molecule has 1 atom stereocenters. The van der Waals surface area contributed by atoms with Crippen LogP contribution in [0.5, 0.6) is 11.5 Å². The van der Waals surface area contributed by atoms with Crippen LogP contribution in [0.1, 0.15) is 40.9 Å². The summed E-state index contributed by atoms with van der Waals surface area (Å²) in [5, 5.41) is 2.89. The number of nitrogens with one attached hydrogen (secondary N) is 1. The van der Waals surface area contributed by atoms with Crippen molar-refractivity contribution in [3.63, 3.8) is 0 Å². The lowest BCUT2D eigenvalue weighted by atomic mass is 10.1. The first kappa shape index (κ1) is 22.1. The average Bonchev–Trinajstić information content (AvgIpc) is 2.74. The summed E-state index contributed by atoms with van der Waals surface area (Å²) in [6.45, 7) is 7.61. The van der Waals surface area contributed by atoms with Gasteiger partial charge in [0.05, 0.1) is 0 Å². The van der Waals surface area contributed by atoms with Crippen molar-refractivity contribution in [3.8, 4) is 11.5 Å². The fourth-order valence-electron chi connectivity index (χ4n) is 3.12. The molecule has 5 heteroatoms. The highest BCUT2D eigenvalue weighted by Crippen LogP contribution is 2.23. The third-order valence-corrected chi connectivity index (χ3v) is 4.87. The minimum atomic E-state index is -0.723. The summed E-state index contributed by atoms with van der Waals surface area (Å²) in [4.78, 5) is 24.1. The molecular weight excluding hydrogens is 390 g/mol. The summed E-state index contributed by atoms with van der Waals surface area (Å²) in [5.74, 6) is 0.891. The predicted octanol–water partition coefficient (Wildman–Crippen LogP) is 5.49. The topological polar surface area (TPSA) is 64.6 Å². The zero-order valence-electron chi connectivity index (χ0n) is 18.3. The molecule has 1 N–H and O–H groups in total. The Labute approximate surface area is 183 Å². The van der Waals surface area contributed by atoms with Crippen LogP contribution >= 0.6 is 0 Å².